The van der Waals surface area contributed by atoms with E-state index in [1.54, 1.807) is 39.0 Å². The second kappa shape index (κ2) is 6.41. The first-order valence-electron chi connectivity index (χ1n) is 6.32. The highest BCUT2D eigenvalue weighted by molar-refractivity contribution is 5.95. The minimum absolute atomic E-state index is 0.0324. The average molecular weight is 280 g/mol. The molecule has 0 aliphatic heterocycles. The Kier molecular flexibility index (Phi) is 5.13. The molecule has 1 rings (SSSR count). The molecule has 0 bridgehead atoms. The maximum atomic E-state index is 12.1. The Labute approximate surface area is 118 Å². The van der Waals surface area contributed by atoms with Gasteiger partial charge in [-0.05, 0) is 38.8 Å². The third-order valence-corrected chi connectivity index (χ3v) is 2.59. The summed E-state index contributed by atoms with van der Waals surface area (Å²) in [4.78, 5) is 23.8. The summed E-state index contributed by atoms with van der Waals surface area (Å²) < 4.78 is 9.85. The summed E-state index contributed by atoms with van der Waals surface area (Å²) in [6, 6.07) is 6.53. The molecule has 110 valence electrons. The van der Waals surface area contributed by atoms with Crippen LogP contribution >= 0.6 is 0 Å². The number of phenols is 1. The number of benzene rings is 1. The monoisotopic (exact) mass is 280 g/mol. The van der Waals surface area contributed by atoms with Crippen LogP contribution in [-0.2, 0) is 25.5 Å². The van der Waals surface area contributed by atoms with Gasteiger partial charge in [0.15, 0.2) is 5.92 Å². The lowest BCUT2D eigenvalue weighted by atomic mass is 9.98. The van der Waals surface area contributed by atoms with Gasteiger partial charge >= 0.3 is 11.9 Å². The molecule has 20 heavy (non-hydrogen) atoms. The molecular weight excluding hydrogens is 260 g/mol. The summed E-state index contributed by atoms with van der Waals surface area (Å²) in [5, 5.41) is 9.72. The third kappa shape index (κ3) is 4.57. The Morgan fingerprint density at radius 3 is 2.30 bits per heavy atom. The smallest absolute Gasteiger partial charge is 0.321 e. The zero-order valence-electron chi connectivity index (χ0n) is 12.2. The van der Waals surface area contributed by atoms with Gasteiger partial charge in [-0.2, -0.15) is 0 Å². The number of methoxy groups -OCH3 is 1. The van der Waals surface area contributed by atoms with E-state index in [1.165, 1.54) is 13.2 Å². The molecule has 1 aromatic rings. The van der Waals surface area contributed by atoms with Gasteiger partial charge in [0, 0.05) is 0 Å². The summed E-state index contributed by atoms with van der Waals surface area (Å²) in [6.07, 6.45) is 0.0360. The number of carbonyl (C=O) groups is 2. The number of ether oxygens (including phenoxy) is 2. The first kappa shape index (κ1) is 16.0. The lowest BCUT2D eigenvalue weighted by Crippen LogP contribution is -2.34. The zero-order valence-corrected chi connectivity index (χ0v) is 12.2. The maximum Gasteiger partial charge on any atom is 0.321 e. The van der Waals surface area contributed by atoms with Gasteiger partial charge in [0.05, 0.1) is 7.11 Å². The number of hydrogen-bond acceptors (Lipinski definition) is 5. The number of aromatic hydroxyl groups is 1. The molecule has 0 radical (unpaired) electrons. The lowest BCUT2D eigenvalue weighted by Gasteiger charge is -2.23. The van der Waals surface area contributed by atoms with Crippen molar-refractivity contribution in [3.8, 4) is 5.75 Å². The van der Waals surface area contributed by atoms with Gasteiger partial charge in [-0.1, -0.05) is 18.2 Å². The summed E-state index contributed by atoms with van der Waals surface area (Å²) in [7, 11) is 1.21. The average Bonchev–Trinajstić information content (AvgIpc) is 2.34. The van der Waals surface area contributed by atoms with Gasteiger partial charge in [0.1, 0.15) is 11.4 Å². The maximum absolute atomic E-state index is 12.1. The number of para-hydroxylation sites is 1. The Balaban J connectivity index is 2.94. The van der Waals surface area contributed by atoms with E-state index in [-0.39, 0.29) is 12.2 Å². The third-order valence-electron chi connectivity index (χ3n) is 2.59. The Hall–Kier alpha value is -2.04. The van der Waals surface area contributed by atoms with Crippen molar-refractivity contribution in [1.29, 1.82) is 0 Å². The molecule has 0 heterocycles. The Morgan fingerprint density at radius 2 is 1.80 bits per heavy atom. The van der Waals surface area contributed by atoms with Crippen molar-refractivity contribution >= 4 is 11.9 Å². The second-order valence-electron chi connectivity index (χ2n) is 5.44. The van der Waals surface area contributed by atoms with E-state index >= 15 is 0 Å². The number of rotatable bonds is 4. The number of hydrogen-bond donors (Lipinski definition) is 1. The molecule has 1 aromatic carbocycles. The molecule has 0 saturated heterocycles. The van der Waals surface area contributed by atoms with E-state index in [0.29, 0.717) is 5.56 Å². The van der Waals surface area contributed by atoms with Crippen LogP contribution in [0.25, 0.3) is 0 Å². The van der Waals surface area contributed by atoms with Crippen molar-refractivity contribution < 1.29 is 24.2 Å². The summed E-state index contributed by atoms with van der Waals surface area (Å²) >= 11 is 0. The normalized spacial score (nSPS) is 12.6. The van der Waals surface area contributed by atoms with Gasteiger partial charge in [-0.15, -0.1) is 0 Å². The van der Waals surface area contributed by atoms with E-state index in [1.807, 2.05) is 0 Å². The van der Waals surface area contributed by atoms with E-state index in [0.717, 1.165) is 0 Å². The highest BCUT2D eigenvalue weighted by Crippen LogP contribution is 2.22. The van der Waals surface area contributed by atoms with Gasteiger partial charge in [-0.25, -0.2) is 0 Å². The minimum Gasteiger partial charge on any atom is -0.508 e. The van der Waals surface area contributed by atoms with E-state index < -0.39 is 23.5 Å². The summed E-state index contributed by atoms with van der Waals surface area (Å²) in [5.74, 6) is -2.40. The van der Waals surface area contributed by atoms with Crippen LogP contribution in [0, 0.1) is 5.92 Å². The SMILES string of the molecule is COC(=O)C(Cc1ccccc1O)C(=O)OC(C)(C)C. The molecule has 0 aromatic heterocycles. The minimum atomic E-state index is -1.09. The largest absolute Gasteiger partial charge is 0.508 e. The quantitative estimate of drug-likeness (QED) is 0.675. The van der Waals surface area contributed by atoms with Gasteiger partial charge in [-0.3, -0.25) is 9.59 Å². The Morgan fingerprint density at radius 1 is 1.20 bits per heavy atom. The predicted molar refractivity (Wildman–Crippen MR) is 73.2 cm³/mol. The molecule has 0 aliphatic rings. The van der Waals surface area contributed by atoms with Crippen molar-refractivity contribution in [3.05, 3.63) is 29.8 Å². The molecule has 1 atom stereocenters. The summed E-state index contributed by atoms with van der Waals surface area (Å²) in [6.45, 7) is 5.16. The topological polar surface area (TPSA) is 72.8 Å². The molecule has 0 aliphatic carbocycles. The van der Waals surface area contributed by atoms with Gasteiger partial charge in [0.25, 0.3) is 0 Å². The highest BCUT2D eigenvalue weighted by Gasteiger charge is 2.32. The van der Waals surface area contributed by atoms with E-state index in [2.05, 4.69) is 4.74 Å². The lowest BCUT2D eigenvalue weighted by molar-refractivity contribution is -0.168. The van der Waals surface area contributed by atoms with Crippen molar-refractivity contribution in [3.63, 3.8) is 0 Å². The van der Waals surface area contributed by atoms with E-state index in [9.17, 15) is 14.7 Å². The molecule has 0 spiro atoms. The van der Waals surface area contributed by atoms with Crippen molar-refractivity contribution in [2.24, 2.45) is 5.92 Å². The molecule has 1 unspecified atom stereocenters. The fourth-order valence-corrected chi connectivity index (χ4v) is 1.68. The van der Waals surface area contributed by atoms with Gasteiger partial charge in [0.2, 0.25) is 0 Å². The van der Waals surface area contributed by atoms with Crippen LogP contribution in [0.2, 0.25) is 0 Å². The van der Waals surface area contributed by atoms with Crippen LogP contribution in [0.3, 0.4) is 0 Å². The molecule has 0 saturated carbocycles. The van der Waals surface area contributed by atoms with Crippen LogP contribution in [0.5, 0.6) is 5.75 Å². The molecule has 5 nitrogen and oxygen atoms in total. The number of phenolic OH excluding ortho intramolecular Hbond substituents is 1. The summed E-state index contributed by atoms with van der Waals surface area (Å²) in [5.41, 5.74) is -0.198. The Bertz CT molecular complexity index is 487. The van der Waals surface area contributed by atoms with Crippen LogP contribution < -0.4 is 0 Å². The van der Waals surface area contributed by atoms with Crippen LogP contribution in [0.4, 0.5) is 0 Å². The molecule has 0 amide bonds. The first-order valence-corrected chi connectivity index (χ1v) is 6.32. The first-order chi connectivity index (χ1) is 9.24. The molecular formula is C15H20O5. The molecule has 1 N–H and O–H groups in total. The van der Waals surface area contributed by atoms with E-state index in [4.69, 9.17) is 4.74 Å². The second-order valence-corrected chi connectivity index (χ2v) is 5.44. The number of esters is 2. The standard InChI is InChI=1S/C15H20O5/c1-15(2,3)20-14(18)11(13(17)19-4)9-10-7-5-6-8-12(10)16/h5-8,11,16H,9H2,1-4H3. The van der Waals surface area contributed by atoms with Gasteiger partial charge < -0.3 is 14.6 Å². The fourth-order valence-electron chi connectivity index (χ4n) is 1.68. The number of carbonyl (C=O) groups excluding carboxylic acids is 2. The van der Waals surface area contributed by atoms with Crippen LogP contribution in [-0.4, -0.2) is 29.8 Å². The fraction of sp³-hybridized carbons (Fsp3) is 0.467. The van der Waals surface area contributed by atoms with Crippen molar-refractivity contribution in [2.75, 3.05) is 7.11 Å². The van der Waals surface area contributed by atoms with Crippen LogP contribution in [0.1, 0.15) is 26.3 Å². The highest BCUT2D eigenvalue weighted by atomic mass is 16.6. The molecule has 5 heteroatoms. The van der Waals surface area contributed by atoms with Crippen LogP contribution in [0.15, 0.2) is 24.3 Å². The van der Waals surface area contributed by atoms with Crippen molar-refractivity contribution in [1.82, 2.24) is 0 Å². The zero-order chi connectivity index (χ0) is 15.3. The molecule has 0 fully saturated rings. The predicted octanol–water partition coefficient (Wildman–Crippen LogP) is 2.07. The van der Waals surface area contributed by atoms with Crippen molar-refractivity contribution in [2.45, 2.75) is 32.8 Å².